The average molecular weight is 729 g/mol. The summed E-state index contributed by atoms with van der Waals surface area (Å²) in [6.45, 7) is 5.67. The van der Waals surface area contributed by atoms with Crippen LogP contribution in [0.5, 0.6) is 5.75 Å². The van der Waals surface area contributed by atoms with E-state index in [9.17, 15) is 4.57 Å². The highest BCUT2D eigenvalue weighted by molar-refractivity contribution is 9.10. The molecule has 2 atom stereocenters. The topological polar surface area (TPSA) is 113 Å². The van der Waals surface area contributed by atoms with E-state index in [1.165, 1.54) is 19.3 Å². The Morgan fingerprint density at radius 1 is 0.979 bits per heavy atom. The summed E-state index contributed by atoms with van der Waals surface area (Å²) in [6, 6.07) is 13.3. The van der Waals surface area contributed by atoms with Crippen molar-refractivity contribution in [2.45, 2.75) is 37.3 Å². The fourth-order valence-corrected chi connectivity index (χ4v) is 9.08. The lowest BCUT2D eigenvalue weighted by atomic mass is 9.85. The molecule has 5 heterocycles. The molecule has 248 valence electrons. The number of hydrogen-bond acceptors (Lipinski definition) is 10. The van der Waals surface area contributed by atoms with Crippen molar-refractivity contribution >= 4 is 68.1 Å². The molecule has 8 rings (SSSR count). The molecule has 2 aromatic carbocycles. The van der Waals surface area contributed by atoms with Gasteiger partial charge in [-0.1, -0.05) is 6.07 Å². The number of ether oxygens (including phenoxy) is 1. The number of piperazine rings is 1. The highest BCUT2D eigenvalue weighted by Crippen LogP contribution is 2.47. The van der Waals surface area contributed by atoms with Crippen molar-refractivity contribution in [3.63, 3.8) is 0 Å². The molecular weight excluding hydrogens is 689 g/mol. The van der Waals surface area contributed by atoms with Crippen molar-refractivity contribution < 1.29 is 9.30 Å². The predicted molar refractivity (Wildman–Crippen MR) is 196 cm³/mol. The summed E-state index contributed by atoms with van der Waals surface area (Å²) in [4.78, 5) is 19.3. The molecule has 1 aliphatic carbocycles. The quantitative estimate of drug-likeness (QED) is 0.159. The Labute approximate surface area is 288 Å². The lowest BCUT2D eigenvalue weighted by Gasteiger charge is -2.57. The van der Waals surface area contributed by atoms with Gasteiger partial charge in [0.15, 0.2) is 0 Å². The van der Waals surface area contributed by atoms with E-state index in [-0.39, 0.29) is 0 Å². The minimum Gasteiger partial charge on any atom is -0.494 e. The van der Waals surface area contributed by atoms with Crippen LogP contribution in [0.3, 0.4) is 0 Å². The molecule has 0 radical (unpaired) electrons. The zero-order valence-electron chi connectivity index (χ0n) is 27.7. The van der Waals surface area contributed by atoms with Crippen LogP contribution in [0.15, 0.2) is 59.5 Å². The number of methoxy groups -OCH3 is 1. The maximum absolute atomic E-state index is 13.7. The number of anilines is 5. The van der Waals surface area contributed by atoms with Gasteiger partial charge in [-0.15, -0.1) is 0 Å². The molecule has 2 saturated heterocycles. The van der Waals surface area contributed by atoms with E-state index < -0.39 is 7.14 Å². The van der Waals surface area contributed by atoms with Crippen molar-refractivity contribution in [1.82, 2.24) is 29.6 Å². The summed E-state index contributed by atoms with van der Waals surface area (Å²) in [7, 11) is 3.10. The number of aryl methyl sites for hydroxylation is 1. The third-order valence-corrected chi connectivity index (χ3v) is 11.8. The molecule has 0 amide bonds. The number of fused-ring (bicyclic) bond motifs is 3. The van der Waals surface area contributed by atoms with Gasteiger partial charge in [-0.05, 0) is 79.8 Å². The summed E-state index contributed by atoms with van der Waals surface area (Å²) >= 11 is 3.63. The van der Waals surface area contributed by atoms with Gasteiger partial charge in [-0.3, -0.25) is 9.67 Å². The number of pyridine rings is 1. The van der Waals surface area contributed by atoms with Crippen molar-refractivity contribution in [1.29, 1.82) is 0 Å². The molecule has 2 bridgehead atoms. The summed E-state index contributed by atoms with van der Waals surface area (Å²) < 4.78 is 22.2. The van der Waals surface area contributed by atoms with E-state index >= 15 is 0 Å². The average Bonchev–Trinajstić information content (AvgIpc) is 3.81. The maximum atomic E-state index is 13.7. The van der Waals surface area contributed by atoms with Gasteiger partial charge in [-0.25, -0.2) is 4.98 Å². The zero-order chi connectivity index (χ0) is 33.3. The maximum Gasteiger partial charge on any atom is 0.229 e. The second-order valence-corrected chi connectivity index (χ2v) is 17.7. The Kier molecular flexibility index (Phi) is 7.73. The fourth-order valence-electron chi connectivity index (χ4n) is 7.31. The van der Waals surface area contributed by atoms with Crippen LogP contribution in [0.2, 0.25) is 0 Å². The minimum absolute atomic E-state index is 0.389. The van der Waals surface area contributed by atoms with Crippen LogP contribution in [0.25, 0.3) is 22.0 Å². The van der Waals surface area contributed by atoms with Crippen molar-refractivity contribution in [2.24, 2.45) is 7.05 Å². The first-order valence-electron chi connectivity index (χ1n) is 16.3. The number of rotatable bonds is 9. The van der Waals surface area contributed by atoms with E-state index in [1.54, 1.807) is 26.6 Å². The molecule has 3 fully saturated rings. The van der Waals surface area contributed by atoms with Gasteiger partial charge in [0.1, 0.15) is 18.7 Å². The Hall–Kier alpha value is -3.99. The van der Waals surface area contributed by atoms with Crippen LogP contribution in [0, 0.1) is 0 Å². The Balaban J connectivity index is 1.15. The Morgan fingerprint density at radius 3 is 2.46 bits per heavy atom. The highest BCUT2D eigenvalue weighted by Gasteiger charge is 2.44. The summed E-state index contributed by atoms with van der Waals surface area (Å²) in [5, 5.41) is 13.0. The summed E-state index contributed by atoms with van der Waals surface area (Å²) in [6.07, 6.45) is 9.21. The van der Waals surface area contributed by atoms with E-state index in [0.717, 1.165) is 63.2 Å². The van der Waals surface area contributed by atoms with Gasteiger partial charge in [-0.2, -0.15) is 10.1 Å². The van der Waals surface area contributed by atoms with Gasteiger partial charge >= 0.3 is 0 Å². The van der Waals surface area contributed by atoms with E-state index in [1.807, 2.05) is 36.3 Å². The molecule has 13 heteroatoms. The van der Waals surface area contributed by atoms with Gasteiger partial charge in [0.25, 0.3) is 0 Å². The van der Waals surface area contributed by atoms with E-state index in [4.69, 9.17) is 14.7 Å². The first-order chi connectivity index (χ1) is 23.1. The van der Waals surface area contributed by atoms with Crippen LogP contribution >= 0.6 is 23.1 Å². The molecule has 2 N–H and O–H groups in total. The number of piperidine rings is 1. The predicted octanol–water partition coefficient (Wildman–Crippen LogP) is 6.70. The number of likely N-dealkylation sites (tertiary alicyclic amines) is 1. The van der Waals surface area contributed by atoms with Crippen LogP contribution in [0.1, 0.15) is 30.9 Å². The van der Waals surface area contributed by atoms with Gasteiger partial charge < -0.3 is 29.7 Å². The standard InChI is InChI=1S/C35H39BrN9O2P/c1-43-18-22-12-23(19-43)45(22)31-14-32(47-3)30(13-25(31)21-15-38-44(2)17-21)41-35-37-16-26(36)34(42-35)40-29-11-10-28-24(33(29)48(4,5)46)8-9-27(39-28)20-6-7-20/h8-11,13-17,20,22-23H,6-7,12,18-19H2,1-5H3,(H2,37,40,41,42). The zero-order valence-corrected chi connectivity index (χ0v) is 30.2. The summed E-state index contributed by atoms with van der Waals surface area (Å²) in [5.41, 5.74) is 6.69. The van der Waals surface area contributed by atoms with Crippen molar-refractivity contribution in [3.05, 3.63) is 65.2 Å². The van der Waals surface area contributed by atoms with Crippen molar-refractivity contribution in [2.75, 3.05) is 56.1 Å². The first-order valence-corrected chi connectivity index (χ1v) is 19.7. The van der Waals surface area contributed by atoms with E-state index in [2.05, 4.69) is 77.8 Å². The number of hydrogen-bond donors (Lipinski definition) is 2. The number of likely N-dealkylation sites (N-methyl/N-ethyl adjacent to an activating group) is 1. The molecule has 11 nitrogen and oxygen atoms in total. The normalized spacial score (nSPS) is 19.3. The SMILES string of the molecule is COc1cc(N2C3CC2CN(C)C3)c(-c2cnn(C)c2)cc1Nc1ncc(Br)c(Nc2ccc3nc(C4CC4)ccc3c2P(C)(C)=O)n1. The first kappa shape index (κ1) is 31.3. The van der Waals surface area contributed by atoms with Crippen LogP contribution in [0.4, 0.5) is 28.8 Å². The molecule has 3 aromatic heterocycles. The molecular formula is C35H39BrN9O2P. The molecule has 0 spiro atoms. The molecule has 5 aromatic rings. The molecule has 48 heavy (non-hydrogen) atoms. The second kappa shape index (κ2) is 11.9. The summed E-state index contributed by atoms with van der Waals surface area (Å²) in [5.74, 6) is 2.18. The van der Waals surface area contributed by atoms with Gasteiger partial charge in [0, 0.05) is 89.8 Å². The monoisotopic (exact) mass is 727 g/mol. The number of halogens is 1. The number of aromatic nitrogens is 5. The largest absolute Gasteiger partial charge is 0.494 e. The number of nitrogens with zero attached hydrogens (tertiary/aromatic N) is 7. The lowest BCUT2D eigenvalue weighted by Crippen LogP contribution is -2.68. The Morgan fingerprint density at radius 2 is 1.77 bits per heavy atom. The fraction of sp³-hybridized carbons (Fsp3) is 0.371. The number of nitrogens with one attached hydrogen (secondary N) is 2. The third-order valence-electron chi connectivity index (χ3n) is 9.63. The highest BCUT2D eigenvalue weighted by atomic mass is 79.9. The molecule has 3 aliphatic rings. The lowest BCUT2D eigenvalue weighted by molar-refractivity contribution is 0.140. The van der Waals surface area contributed by atoms with Gasteiger partial charge in [0.05, 0.1) is 34.7 Å². The van der Waals surface area contributed by atoms with Gasteiger partial charge in [0.2, 0.25) is 5.95 Å². The molecule has 2 aliphatic heterocycles. The smallest absolute Gasteiger partial charge is 0.229 e. The third kappa shape index (κ3) is 5.73. The van der Waals surface area contributed by atoms with E-state index in [0.29, 0.717) is 40.0 Å². The molecule has 2 unspecified atom stereocenters. The van der Waals surface area contributed by atoms with Crippen LogP contribution < -0.4 is 25.6 Å². The van der Waals surface area contributed by atoms with Crippen LogP contribution in [-0.4, -0.2) is 82.3 Å². The molecule has 1 saturated carbocycles. The van der Waals surface area contributed by atoms with Crippen molar-refractivity contribution in [3.8, 4) is 16.9 Å². The van der Waals surface area contributed by atoms with Crippen LogP contribution in [-0.2, 0) is 11.6 Å². The Bertz CT molecular complexity index is 2100. The minimum atomic E-state index is -2.72. The second-order valence-electron chi connectivity index (χ2n) is 13.7. The number of benzene rings is 2.